The first-order valence-corrected chi connectivity index (χ1v) is 9.28. The summed E-state index contributed by atoms with van der Waals surface area (Å²) in [6, 6.07) is 7.67. The number of rotatable bonds is 6. The molecule has 0 saturated carbocycles. The largest absolute Gasteiger partial charge is 0.417 e. The van der Waals surface area contributed by atoms with Crippen molar-refractivity contribution in [1.29, 1.82) is 5.26 Å². The number of carbonyl (C=O) groups excluding carboxylic acids is 1. The van der Waals surface area contributed by atoms with Crippen LogP contribution >= 0.6 is 0 Å². The van der Waals surface area contributed by atoms with Crippen molar-refractivity contribution in [2.75, 3.05) is 6.54 Å². The zero-order valence-electron chi connectivity index (χ0n) is 16.6. The van der Waals surface area contributed by atoms with Crippen molar-refractivity contribution in [3.63, 3.8) is 0 Å². The van der Waals surface area contributed by atoms with Crippen LogP contribution < -0.4 is 5.32 Å². The lowest BCUT2D eigenvalue weighted by Gasteiger charge is -2.13. The average Bonchev–Trinajstić information content (AvgIpc) is 3.40. The second-order valence-electron chi connectivity index (χ2n) is 6.99. The molecule has 8 nitrogen and oxygen atoms in total. The molecular weight excluding hydrogens is 413 g/mol. The molecule has 2 aromatic heterocycles. The Labute approximate surface area is 175 Å². The SMILES string of the molecule is CC(O)c1cc(C(=O)NC[C@@H](C)n2ccc(-c3ccc(C#N)c(C(F)(F)F)c3)n2)n[nH]1. The number of amides is 1. The van der Waals surface area contributed by atoms with E-state index in [9.17, 15) is 23.1 Å². The van der Waals surface area contributed by atoms with Gasteiger partial charge in [0.2, 0.25) is 0 Å². The zero-order chi connectivity index (χ0) is 22.8. The summed E-state index contributed by atoms with van der Waals surface area (Å²) < 4.78 is 41.1. The third-order valence-electron chi connectivity index (χ3n) is 4.64. The molecule has 0 aliphatic heterocycles. The van der Waals surface area contributed by atoms with Crippen LogP contribution in [0.1, 0.15) is 53.3 Å². The Balaban J connectivity index is 1.70. The maximum Gasteiger partial charge on any atom is 0.417 e. The lowest BCUT2D eigenvalue weighted by atomic mass is 10.0. The van der Waals surface area contributed by atoms with Crippen molar-refractivity contribution in [3.8, 4) is 17.3 Å². The predicted octanol–water partition coefficient (Wildman–Crippen LogP) is 3.21. The molecule has 1 amide bonds. The van der Waals surface area contributed by atoms with Crippen molar-refractivity contribution >= 4 is 5.91 Å². The van der Waals surface area contributed by atoms with Gasteiger partial charge in [-0.2, -0.15) is 28.6 Å². The molecule has 3 aromatic rings. The van der Waals surface area contributed by atoms with Crippen molar-refractivity contribution < 1.29 is 23.1 Å². The molecule has 31 heavy (non-hydrogen) atoms. The quantitative estimate of drug-likeness (QED) is 0.553. The summed E-state index contributed by atoms with van der Waals surface area (Å²) >= 11 is 0. The van der Waals surface area contributed by atoms with Gasteiger partial charge in [-0.1, -0.05) is 6.07 Å². The van der Waals surface area contributed by atoms with E-state index in [0.29, 0.717) is 11.4 Å². The number of nitriles is 1. The standard InChI is InChI=1S/C20H19F3N6O2/c1-11(10-25-19(31)18-8-17(12(2)30)26-27-18)29-6-5-16(28-29)13-3-4-14(9-24)15(7-13)20(21,22)23/h3-8,11-12,30H,10H2,1-2H3,(H,25,31)(H,26,27)/t11-,12?/m1/s1. The summed E-state index contributed by atoms with van der Waals surface area (Å²) in [7, 11) is 0. The minimum absolute atomic E-state index is 0.126. The molecule has 0 saturated heterocycles. The summed E-state index contributed by atoms with van der Waals surface area (Å²) in [6.45, 7) is 3.51. The summed E-state index contributed by atoms with van der Waals surface area (Å²) in [5, 5.41) is 31.8. The van der Waals surface area contributed by atoms with Crippen LogP contribution in [0.4, 0.5) is 13.2 Å². The van der Waals surface area contributed by atoms with Crippen LogP contribution in [0, 0.1) is 11.3 Å². The van der Waals surface area contributed by atoms with E-state index in [0.717, 1.165) is 12.1 Å². The third-order valence-corrected chi connectivity index (χ3v) is 4.64. The van der Waals surface area contributed by atoms with Crippen molar-refractivity contribution in [2.45, 2.75) is 32.2 Å². The van der Waals surface area contributed by atoms with E-state index in [4.69, 9.17) is 5.26 Å². The number of aliphatic hydroxyl groups excluding tert-OH is 1. The van der Waals surface area contributed by atoms with Crippen LogP contribution in [-0.4, -0.2) is 37.5 Å². The number of nitrogens with zero attached hydrogens (tertiary/aromatic N) is 4. The van der Waals surface area contributed by atoms with Crippen LogP contribution in [0.5, 0.6) is 0 Å². The number of aliphatic hydroxyl groups is 1. The second kappa shape index (κ2) is 8.61. The van der Waals surface area contributed by atoms with E-state index in [1.54, 1.807) is 25.3 Å². The van der Waals surface area contributed by atoms with E-state index >= 15 is 0 Å². The Morgan fingerprint density at radius 2 is 2.06 bits per heavy atom. The van der Waals surface area contributed by atoms with Gasteiger partial charge in [0.05, 0.1) is 40.7 Å². The highest BCUT2D eigenvalue weighted by atomic mass is 19.4. The Morgan fingerprint density at radius 1 is 1.32 bits per heavy atom. The first kappa shape index (κ1) is 22.0. The van der Waals surface area contributed by atoms with Gasteiger partial charge in [0.25, 0.3) is 5.91 Å². The van der Waals surface area contributed by atoms with Crippen LogP contribution in [-0.2, 0) is 6.18 Å². The molecule has 3 N–H and O–H groups in total. The molecular formula is C20H19F3N6O2. The second-order valence-corrected chi connectivity index (χ2v) is 6.99. The van der Waals surface area contributed by atoms with E-state index in [1.807, 2.05) is 0 Å². The summed E-state index contributed by atoms with van der Waals surface area (Å²) in [5.74, 6) is -0.440. The Morgan fingerprint density at radius 3 is 2.68 bits per heavy atom. The molecule has 0 aliphatic rings. The fourth-order valence-corrected chi connectivity index (χ4v) is 2.86. The lowest BCUT2D eigenvalue weighted by Crippen LogP contribution is -2.30. The molecule has 162 valence electrons. The van der Waals surface area contributed by atoms with E-state index in [-0.39, 0.29) is 23.8 Å². The molecule has 0 fully saturated rings. The van der Waals surface area contributed by atoms with Crippen LogP contribution in [0.25, 0.3) is 11.3 Å². The van der Waals surface area contributed by atoms with Crippen LogP contribution in [0.15, 0.2) is 36.5 Å². The number of halogens is 3. The highest BCUT2D eigenvalue weighted by molar-refractivity contribution is 5.92. The molecule has 2 heterocycles. The van der Waals surface area contributed by atoms with Gasteiger partial charge in [-0.15, -0.1) is 0 Å². The number of hydrogen-bond acceptors (Lipinski definition) is 5. The van der Waals surface area contributed by atoms with Gasteiger partial charge in [0.1, 0.15) is 5.69 Å². The topological polar surface area (TPSA) is 120 Å². The molecule has 1 unspecified atom stereocenters. The molecule has 0 aliphatic carbocycles. The van der Waals surface area contributed by atoms with Crippen LogP contribution in [0.2, 0.25) is 0 Å². The number of aromatic nitrogens is 4. The van der Waals surface area contributed by atoms with Gasteiger partial charge >= 0.3 is 6.18 Å². The molecule has 3 rings (SSSR count). The number of benzene rings is 1. The summed E-state index contributed by atoms with van der Waals surface area (Å²) in [5.41, 5.74) is -0.399. The third kappa shape index (κ3) is 4.92. The molecule has 0 radical (unpaired) electrons. The van der Waals surface area contributed by atoms with Crippen molar-refractivity contribution in [2.24, 2.45) is 0 Å². The Hall–Kier alpha value is -3.65. The molecule has 1 aromatic carbocycles. The predicted molar refractivity (Wildman–Crippen MR) is 104 cm³/mol. The number of hydrogen-bond donors (Lipinski definition) is 3. The zero-order valence-corrected chi connectivity index (χ0v) is 16.6. The fourth-order valence-electron chi connectivity index (χ4n) is 2.86. The molecule has 0 spiro atoms. The van der Waals surface area contributed by atoms with Gasteiger partial charge in [0, 0.05) is 18.3 Å². The molecule has 11 heteroatoms. The summed E-state index contributed by atoms with van der Waals surface area (Å²) in [4.78, 5) is 12.2. The smallest absolute Gasteiger partial charge is 0.387 e. The monoisotopic (exact) mass is 432 g/mol. The summed E-state index contributed by atoms with van der Waals surface area (Å²) in [6.07, 6.45) is -3.84. The van der Waals surface area contributed by atoms with Gasteiger partial charge < -0.3 is 10.4 Å². The number of nitrogens with one attached hydrogen (secondary N) is 2. The fraction of sp³-hybridized carbons (Fsp3) is 0.300. The highest BCUT2D eigenvalue weighted by Crippen LogP contribution is 2.34. The highest BCUT2D eigenvalue weighted by Gasteiger charge is 2.34. The maximum absolute atomic E-state index is 13.2. The number of carbonyl (C=O) groups is 1. The van der Waals surface area contributed by atoms with Gasteiger partial charge in [-0.25, -0.2) is 0 Å². The van der Waals surface area contributed by atoms with Gasteiger partial charge in [0.15, 0.2) is 0 Å². The van der Waals surface area contributed by atoms with Crippen molar-refractivity contribution in [3.05, 3.63) is 59.0 Å². The number of aromatic amines is 1. The number of H-pyrrole nitrogens is 1. The first-order valence-electron chi connectivity index (χ1n) is 9.28. The lowest BCUT2D eigenvalue weighted by molar-refractivity contribution is -0.137. The Bertz CT molecular complexity index is 1130. The van der Waals surface area contributed by atoms with Crippen molar-refractivity contribution in [1.82, 2.24) is 25.3 Å². The minimum atomic E-state index is -4.65. The Kier molecular flexibility index (Phi) is 6.12. The van der Waals surface area contributed by atoms with E-state index < -0.39 is 29.3 Å². The van der Waals surface area contributed by atoms with E-state index in [2.05, 4.69) is 20.6 Å². The normalized spacial score (nSPS) is 13.5. The minimum Gasteiger partial charge on any atom is -0.387 e. The first-order chi connectivity index (χ1) is 14.6. The molecule has 2 atom stereocenters. The average molecular weight is 432 g/mol. The van der Waals surface area contributed by atoms with E-state index in [1.165, 1.54) is 23.7 Å². The number of alkyl halides is 3. The van der Waals surface area contributed by atoms with Gasteiger partial charge in [-0.05, 0) is 38.1 Å². The molecule has 0 bridgehead atoms. The maximum atomic E-state index is 13.2. The van der Waals surface area contributed by atoms with Crippen LogP contribution in [0.3, 0.4) is 0 Å². The van der Waals surface area contributed by atoms with Gasteiger partial charge in [-0.3, -0.25) is 14.6 Å².